The summed E-state index contributed by atoms with van der Waals surface area (Å²) in [5, 5.41) is 5.37. The van der Waals surface area contributed by atoms with Crippen LogP contribution < -0.4 is 10.6 Å². The molecule has 0 saturated heterocycles. The van der Waals surface area contributed by atoms with Crippen molar-refractivity contribution >= 4 is 17.8 Å². The highest BCUT2D eigenvalue weighted by atomic mass is 19.1. The number of carbonyl (C=O) groups excluding carboxylic acids is 3. The maximum absolute atomic E-state index is 13.5. The third-order valence-electron chi connectivity index (χ3n) is 4.85. The van der Waals surface area contributed by atoms with Gasteiger partial charge in [0.2, 0.25) is 0 Å². The normalized spacial score (nSPS) is 15.1. The van der Waals surface area contributed by atoms with Crippen molar-refractivity contribution in [3.05, 3.63) is 35.4 Å². The quantitative estimate of drug-likeness (QED) is 0.509. The molecule has 1 aromatic rings. The van der Waals surface area contributed by atoms with Crippen LogP contribution in [-0.4, -0.2) is 37.0 Å². The fourth-order valence-corrected chi connectivity index (χ4v) is 3.29. The first-order chi connectivity index (χ1) is 14.0. The Hall–Kier alpha value is -2.51. The molecule has 6 nitrogen and oxygen atoms in total. The lowest BCUT2D eigenvalue weighted by atomic mass is 9.97. The van der Waals surface area contributed by atoms with Gasteiger partial charge in [-0.2, -0.15) is 0 Å². The Morgan fingerprint density at radius 1 is 1.03 bits per heavy atom. The largest absolute Gasteiger partial charge is 0.456 e. The average Bonchev–Trinajstić information content (AvgIpc) is 2.65. The molecule has 1 aromatic carbocycles. The van der Waals surface area contributed by atoms with E-state index in [4.69, 9.17) is 4.74 Å². The van der Waals surface area contributed by atoms with Crippen LogP contribution >= 0.6 is 0 Å². The van der Waals surface area contributed by atoms with Gasteiger partial charge in [0, 0.05) is 25.1 Å². The fraction of sp³-hybridized carbons (Fsp3) is 0.571. The molecule has 1 saturated carbocycles. The Morgan fingerprint density at radius 2 is 1.72 bits per heavy atom. The Morgan fingerprint density at radius 3 is 2.41 bits per heavy atom. The zero-order valence-corrected chi connectivity index (χ0v) is 16.5. The lowest BCUT2D eigenvalue weighted by Gasteiger charge is -2.20. The minimum absolute atomic E-state index is 0.0168. The van der Waals surface area contributed by atoms with Crippen LogP contribution in [0.25, 0.3) is 0 Å². The number of amides is 2. The second-order valence-corrected chi connectivity index (χ2v) is 7.25. The standard InChI is InChI=1S/C21H28F2N2O4/c22-15-10-11-17(18(23)13-15)21(28)24-12-6-9-20(27)29-14-19(26)25-16-7-4-2-1-3-5-8-16/h10-11,13,16H,1-9,12,14H2,(H,24,28)(H,25,26). The van der Waals surface area contributed by atoms with E-state index in [0.717, 1.165) is 37.8 Å². The number of halogens is 2. The lowest BCUT2D eigenvalue weighted by Crippen LogP contribution is -2.38. The molecule has 1 aliphatic carbocycles. The van der Waals surface area contributed by atoms with Gasteiger partial charge in [-0.25, -0.2) is 8.78 Å². The predicted molar refractivity (Wildman–Crippen MR) is 103 cm³/mol. The monoisotopic (exact) mass is 410 g/mol. The molecule has 2 N–H and O–H groups in total. The SMILES string of the molecule is O=C(COC(=O)CCCNC(=O)c1ccc(F)cc1F)NC1CCCCCCC1. The van der Waals surface area contributed by atoms with Crippen molar-refractivity contribution in [1.29, 1.82) is 0 Å². The summed E-state index contributed by atoms with van der Waals surface area (Å²) >= 11 is 0. The van der Waals surface area contributed by atoms with Crippen molar-refractivity contribution in [3.8, 4) is 0 Å². The van der Waals surface area contributed by atoms with Gasteiger partial charge in [-0.3, -0.25) is 14.4 Å². The van der Waals surface area contributed by atoms with Gasteiger partial charge in [0.05, 0.1) is 5.56 Å². The van der Waals surface area contributed by atoms with Gasteiger partial charge in [-0.1, -0.05) is 32.1 Å². The maximum atomic E-state index is 13.5. The molecule has 160 valence electrons. The molecule has 0 aliphatic heterocycles. The minimum atomic E-state index is -0.947. The first kappa shape index (κ1) is 22.8. The van der Waals surface area contributed by atoms with Crippen LogP contribution in [0.2, 0.25) is 0 Å². The third-order valence-corrected chi connectivity index (χ3v) is 4.85. The number of rotatable bonds is 8. The molecule has 0 unspecified atom stereocenters. The number of esters is 1. The lowest BCUT2D eigenvalue weighted by molar-refractivity contribution is -0.148. The maximum Gasteiger partial charge on any atom is 0.306 e. The number of ether oxygens (including phenoxy) is 1. The third kappa shape index (κ3) is 8.58. The molecular formula is C21H28F2N2O4. The zero-order chi connectivity index (χ0) is 21.1. The Labute approximate surface area is 169 Å². The summed E-state index contributed by atoms with van der Waals surface area (Å²) in [6.07, 6.45) is 8.01. The summed E-state index contributed by atoms with van der Waals surface area (Å²) in [6.45, 7) is -0.193. The molecule has 2 amide bonds. The van der Waals surface area contributed by atoms with Crippen LogP contribution in [0.15, 0.2) is 18.2 Å². The van der Waals surface area contributed by atoms with E-state index in [1.54, 1.807) is 0 Å². The van der Waals surface area contributed by atoms with Crippen molar-refractivity contribution < 1.29 is 27.9 Å². The van der Waals surface area contributed by atoms with E-state index < -0.39 is 23.5 Å². The zero-order valence-electron chi connectivity index (χ0n) is 16.5. The first-order valence-electron chi connectivity index (χ1n) is 10.1. The molecule has 1 fully saturated rings. The molecular weight excluding hydrogens is 382 g/mol. The van der Waals surface area contributed by atoms with Crippen LogP contribution in [-0.2, 0) is 14.3 Å². The van der Waals surface area contributed by atoms with E-state index in [1.807, 2.05) is 0 Å². The summed E-state index contributed by atoms with van der Waals surface area (Å²) in [5.74, 6) is -3.24. The van der Waals surface area contributed by atoms with Crippen LogP contribution in [0.1, 0.15) is 68.1 Å². The van der Waals surface area contributed by atoms with Crippen molar-refractivity contribution in [2.45, 2.75) is 63.8 Å². The van der Waals surface area contributed by atoms with Crippen molar-refractivity contribution in [1.82, 2.24) is 10.6 Å². The average molecular weight is 410 g/mol. The molecule has 0 aromatic heterocycles. The summed E-state index contributed by atoms with van der Waals surface area (Å²) in [7, 11) is 0. The molecule has 29 heavy (non-hydrogen) atoms. The smallest absolute Gasteiger partial charge is 0.306 e. The van der Waals surface area contributed by atoms with E-state index in [-0.39, 0.29) is 43.5 Å². The fourth-order valence-electron chi connectivity index (χ4n) is 3.29. The van der Waals surface area contributed by atoms with E-state index in [2.05, 4.69) is 10.6 Å². The van der Waals surface area contributed by atoms with Crippen molar-refractivity contribution in [2.24, 2.45) is 0 Å². The molecule has 8 heteroatoms. The molecule has 0 radical (unpaired) electrons. The second-order valence-electron chi connectivity index (χ2n) is 7.25. The van der Waals surface area contributed by atoms with E-state index in [1.165, 1.54) is 19.3 Å². The van der Waals surface area contributed by atoms with Crippen LogP contribution in [0, 0.1) is 11.6 Å². The Kier molecular flexibility index (Phi) is 9.53. The van der Waals surface area contributed by atoms with Gasteiger partial charge in [0.15, 0.2) is 6.61 Å². The number of nitrogens with one attached hydrogen (secondary N) is 2. The van der Waals surface area contributed by atoms with Gasteiger partial charge in [0.25, 0.3) is 11.8 Å². The van der Waals surface area contributed by atoms with Gasteiger partial charge in [0.1, 0.15) is 11.6 Å². The van der Waals surface area contributed by atoms with Gasteiger partial charge < -0.3 is 15.4 Å². The van der Waals surface area contributed by atoms with Crippen molar-refractivity contribution in [2.75, 3.05) is 13.2 Å². The Balaban J connectivity index is 1.59. The highest BCUT2D eigenvalue weighted by molar-refractivity contribution is 5.94. The molecule has 0 bridgehead atoms. The number of benzene rings is 1. The van der Waals surface area contributed by atoms with Crippen LogP contribution in [0.3, 0.4) is 0 Å². The van der Waals surface area contributed by atoms with Crippen molar-refractivity contribution in [3.63, 3.8) is 0 Å². The highest BCUT2D eigenvalue weighted by Crippen LogP contribution is 2.17. The molecule has 0 atom stereocenters. The minimum Gasteiger partial charge on any atom is -0.456 e. The second kappa shape index (κ2) is 12.1. The van der Waals surface area contributed by atoms with Gasteiger partial charge in [-0.05, 0) is 31.4 Å². The van der Waals surface area contributed by atoms with E-state index >= 15 is 0 Å². The summed E-state index contributed by atoms with van der Waals surface area (Å²) in [5.41, 5.74) is -0.264. The topological polar surface area (TPSA) is 84.5 Å². The van der Waals surface area contributed by atoms with Gasteiger partial charge >= 0.3 is 5.97 Å². The number of hydrogen-bond donors (Lipinski definition) is 2. The number of carbonyl (C=O) groups is 3. The highest BCUT2D eigenvalue weighted by Gasteiger charge is 2.16. The first-order valence-corrected chi connectivity index (χ1v) is 10.1. The van der Waals surface area contributed by atoms with Gasteiger partial charge in [-0.15, -0.1) is 0 Å². The van der Waals surface area contributed by atoms with E-state index in [9.17, 15) is 23.2 Å². The molecule has 0 heterocycles. The summed E-state index contributed by atoms with van der Waals surface area (Å²) in [4.78, 5) is 35.5. The Bertz CT molecular complexity index is 704. The molecule has 1 aliphatic rings. The molecule has 0 spiro atoms. The van der Waals surface area contributed by atoms with E-state index in [0.29, 0.717) is 6.07 Å². The summed E-state index contributed by atoms with van der Waals surface area (Å²) < 4.78 is 31.3. The summed E-state index contributed by atoms with van der Waals surface area (Å²) in [6, 6.07) is 2.83. The predicted octanol–water partition coefficient (Wildman–Crippen LogP) is 3.25. The molecule has 2 rings (SSSR count). The van der Waals surface area contributed by atoms with Crippen LogP contribution in [0.4, 0.5) is 8.78 Å². The number of hydrogen-bond acceptors (Lipinski definition) is 4. The van der Waals surface area contributed by atoms with Crippen LogP contribution in [0.5, 0.6) is 0 Å².